The summed E-state index contributed by atoms with van der Waals surface area (Å²) in [4.78, 5) is 12.7. The fraction of sp³-hybridized carbons (Fsp3) is 0.650. The van der Waals surface area contributed by atoms with Crippen LogP contribution >= 0.6 is 0 Å². The Bertz CT molecular complexity index is 600. The molecule has 0 bridgehead atoms. The summed E-state index contributed by atoms with van der Waals surface area (Å²) in [6.07, 6.45) is 0.570. The number of carbonyl (C=O) groups excluding carboxylic acids is 1. The van der Waals surface area contributed by atoms with E-state index < -0.39 is 5.54 Å². The number of carbonyl (C=O) groups is 1. The zero-order valence-electron chi connectivity index (χ0n) is 16.1. The highest BCUT2D eigenvalue weighted by Crippen LogP contribution is 2.49. The number of hydrogen-bond acceptors (Lipinski definition) is 4. The zero-order valence-corrected chi connectivity index (χ0v) is 16.1. The van der Waals surface area contributed by atoms with Crippen LogP contribution in [0.1, 0.15) is 46.6 Å². The summed E-state index contributed by atoms with van der Waals surface area (Å²) in [5, 5.41) is 2.99. The first-order valence-corrected chi connectivity index (χ1v) is 9.11. The van der Waals surface area contributed by atoms with E-state index in [1.54, 1.807) is 0 Å². The first-order valence-electron chi connectivity index (χ1n) is 9.11. The molecule has 2 atom stereocenters. The molecule has 1 amide bonds. The summed E-state index contributed by atoms with van der Waals surface area (Å²) in [6.45, 7) is 11.8. The van der Waals surface area contributed by atoms with Crippen molar-refractivity contribution < 1.29 is 14.3 Å². The number of benzene rings is 1. The lowest BCUT2D eigenvalue weighted by molar-refractivity contribution is -0.170. The van der Waals surface area contributed by atoms with Crippen LogP contribution in [0.2, 0.25) is 0 Å². The number of ether oxygens (including phenoxy) is 2. The molecule has 0 saturated heterocycles. The highest BCUT2D eigenvalue weighted by molar-refractivity contribution is 5.88. The minimum Gasteiger partial charge on any atom is -0.493 e. The molecule has 5 heteroatoms. The fourth-order valence-electron chi connectivity index (χ4n) is 3.20. The average molecular weight is 348 g/mol. The van der Waals surface area contributed by atoms with Crippen LogP contribution in [-0.2, 0) is 16.1 Å². The van der Waals surface area contributed by atoms with Crippen LogP contribution < -0.4 is 15.8 Å². The van der Waals surface area contributed by atoms with Gasteiger partial charge in [0.25, 0.3) is 0 Å². The van der Waals surface area contributed by atoms with Crippen molar-refractivity contribution in [2.45, 2.75) is 59.2 Å². The Hall–Kier alpha value is -1.59. The molecule has 5 nitrogen and oxygen atoms in total. The third kappa shape index (κ3) is 3.98. The third-order valence-electron chi connectivity index (χ3n) is 5.22. The Morgan fingerprint density at radius 3 is 2.64 bits per heavy atom. The molecule has 1 aromatic rings. The Labute approximate surface area is 151 Å². The SMILES string of the molecule is CCOC1CC(N)(C(=O)NCc2ccccc2OCC(C)C)C1(C)C. The van der Waals surface area contributed by atoms with Gasteiger partial charge >= 0.3 is 0 Å². The molecular weight excluding hydrogens is 316 g/mol. The van der Waals surface area contributed by atoms with Gasteiger partial charge in [0.1, 0.15) is 11.3 Å². The molecule has 2 unspecified atom stereocenters. The van der Waals surface area contributed by atoms with E-state index in [-0.39, 0.29) is 17.4 Å². The molecule has 0 radical (unpaired) electrons. The van der Waals surface area contributed by atoms with Gasteiger partial charge in [-0.1, -0.05) is 45.9 Å². The fourth-order valence-corrected chi connectivity index (χ4v) is 3.20. The summed E-state index contributed by atoms with van der Waals surface area (Å²) in [5.41, 5.74) is 6.09. The summed E-state index contributed by atoms with van der Waals surface area (Å²) in [7, 11) is 0. The predicted molar refractivity (Wildman–Crippen MR) is 99.4 cm³/mol. The first-order chi connectivity index (χ1) is 11.7. The van der Waals surface area contributed by atoms with Gasteiger partial charge in [-0.3, -0.25) is 4.79 Å². The van der Waals surface area contributed by atoms with Crippen molar-refractivity contribution in [1.82, 2.24) is 5.32 Å². The summed E-state index contributed by atoms with van der Waals surface area (Å²) >= 11 is 0. The monoisotopic (exact) mass is 348 g/mol. The lowest BCUT2D eigenvalue weighted by Gasteiger charge is -2.57. The molecule has 1 saturated carbocycles. The van der Waals surface area contributed by atoms with E-state index in [1.807, 2.05) is 45.0 Å². The molecule has 0 heterocycles. The van der Waals surface area contributed by atoms with Crippen molar-refractivity contribution in [1.29, 1.82) is 0 Å². The average Bonchev–Trinajstić information content (AvgIpc) is 2.58. The van der Waals surface area contributed by atoms with E-state index in [2.05, 4.69) is 19.2 Å². The van der Waals surface area contributed by atoms with Gasteiger partial charge in [0.05, 0.1) is 12.7 Å². The molecular formula is C20H32N2O3. The van der Waals surface area contributed by atoms with E-state index in [0.29, 0.717) is 32.1 Å². The van der Waals surface area contributed by atoms with Crippen LogP contribution in [0.3, 0.4) is 0 Å². The summed E-state index contributed by atoms with van der Waals surface area (Å²) < 4.78 is 11.5. The molecule has 140 valence electrons. The van der Waals surface area contributed by atoms with Crippen molar-refractivity contribution >= 4 is 5.91 Å². The molecule has 1 aliphatic carbocycles. The van der Waals surface area contributed by atoms with Crippen molar-refractivity contribution in [2.75, 3.05) is 13.2 Å². The van der Waals surface area contributed by atoms with Crippen LogP contribution in [0, 0.1) is 11.3 Å². The van der Waals surface area contributed by atoms with Crippen LogP contribution in [0.15, 0.2) is 24.3 Å². The summed E-state index contributed by atoms with van der Waals surface area (Å²) in [6, 6.07) is 7.78. The van der Waals surface area contributed by atoms with Gasteiger partial charge in [-0.25, -0.2) is 0 Å². The van der Waals surface area contributed by atoms with E-state index >= 15 is 0 Å². The number of nitrogens with two attached hydrogens (primary N) is 1. The lowest BCUT2D eigenvalue weighted by Crippen LogP contribution is -2.75. The van der Waals surface area contributed by atoms with Gasteiger partial charge < -0.3 is 20.5 Å². The Morgan fingerprint density at radius 1 is 1.36 bits per heavy atom. The molecule has 1 fully saturated rings. The number of hydrogen-bond donors (Lipinski definition) is 2. The maximum atomic E-state index is 12.7. The van der Waals surface area contributed by atoms with Gasteiger partial charge in [-0.05, 0) is 18.9 Å². The predicted octanol–water partition coefficient (Wildman–Crippen LogP) is 2.87. The topological polar surface area (TPSA) is 73.6 Å². The van der Waals surface area contributed by atoms with Crippen molar-refractivity contribution in [3.05, 3.63) is 29.8 Å². The molecule has 1 aliphatic rings. The minimum atomic E-state index is -0.902. The van der Waals surface area contributed by atoms with Crippen LogP contribution in [0.4, 0.5) is 0 Å². The van der Waals surface area contributed by atoms with Gasteiger partial charge in [-0.15, -0.1) is 0 Å². The second kappa shape index (κ2) is 7.75. The Balaban J connectivity index is 1.99. The Morgan fingerprint density at radius 2 is 2.04 bits per heavy atom. The van der Waals surface area contributed by atoms with Crippen molar-refractivity contribution in [3.8, 4) is 5.75 Å². The van der Waals surface area contributed by atoms with E-state index in [0.717, 1.165) is 11.3 Å². The summed E-state index contributed by atoms with van der Waals surface area (Å²) in [5.74, 6) is 1.12. The van der Waals surface area contributed by atoms with Crippen LogP contribution in [0.5, 0.6) is 5.75 Å². The maximum absolute atomic E-state index is 12.7. The molecule has 0 aliphatic heterocycles. The van der Waals surface area contributed by atoms with Crippen molar-refractivity contribution in [3.63, 3.8) is 0 Å². The lowest BCUT2D eigenvalue weighted by atomic mass is 9.54. The van der Waals surface area contributed by atoms with Gasteiger partial charge in [0, 0.05) is 30.6 Å². The highest BCUT2D eigenvalue weighted by atomic mass is 16.5. The smallest absolute Gasteiger partial charge is 0.241 e. The highest BCUT2D eigenvalue weighted by Gasteiger charge is 2.62. The third-order valence-corrected chi connectivity index (χ3v) is 5.22. The normalized spacial score (nSPS) is 24.7. The number of para-hydroxylation sites is 1. The minimum absolute atomic E-state index is 0.0231. The molecule has 3 N–H and O–H groups in total. The van der Waals surface area contributed by atoms with Gasteiger partial charge in [0.2, 0.25) is 5.91 Å². The van der Waals surface area contributed by atoms with E-state index in [9.17, 15) is 4.79 Å². The first kappa shape index (κ1) is 19.7. The largest absolute Gasteiger partial charge is 0.493 e. The number of rotatable bonds is 8. The van der Waals surface area contributed by atoms with E-state index in [4.69, 9.17) is 15.2 Å². The van der Waals surface area contributed by atoms with Crippen LogP contribution in [0.25, 0.3) is 0 Å². The quantitative estimate of drug-likeness (QED) is 0.758. The van der Waals surface area contributed by atoms with E-state index in [1.165, 1.54) is 0 Å². The maximum Gasteiger partial charge on any atom is 0.241 e. The van der Waals surface area contributed by atoms with Crippen LogP contribution in [-0.4, -0.2) is 30.8 Å². The standard InChI is InChI=1S/C20H32N2O3/c1-6-24-17-11-20(21,19(17,4)5)18(23)22-12-15-9-7-8-10-16(15)25-13-14(2)3/h7-10,14,17H,6,11-13,21H2,1-5H3,(H,22,23). The van der Waals surface area contributed by atoms with Crippen molar-refractivity contribution in [2.24, 2.45) is 17.1 Å². The second-order valence-corrected chi connectivity index (χ2v) is 7.84. The van der Waals surface area contributed by atoms with Gasteiger partial charge in [-0.2, -0.15) is 0 Å². The number of nitrogens with one attached hydrogen (secondary N) is 1. The molecule has 2 rings (SSSR count). The zero-order chi connectivity index (χ0) is 18.7. The van der Waals surface area contributed by atoms with Gasteiger partial charge in [0.15, 0.2) is 0 Å². The molecule has 25 heavy (non-hydrogen) atoms. The number of amides is 1. The second-order valence-electron chi connectivity index (χ2n) is 7.84. The molecule has 0 spiro atoms. The Kier molecular flexibility index (Phi) is 6.12. The molecule has 1 aromatic carbocycles. The molecule has 0 aromatic heterocycles.